The normalized spacial score (nSPS) is 20.5. The third kappa shape index (κ3) is 4.33. The minimum atomic E-state index is -4.04. The minimum absolute atomic E-state index is 0.0237. The largest absolute Gasteiger partial charge is 0.489 e. The van der Waals surface area contributed by atoms with Crippen molar-refractivity contribution in [3.63, 3.8) is 0 Å². The van der Waals surface area contributed by atoms with Crippen molar-refractivity contribution in [3.8, 4) is 5.75 Å². The number of hydrogen-bond acceptors (Lipinski definition) is 6. The van der Waals surface area contributed by atoms with Gasteiger partial charge in [0.15, 0.2) is 0 Å². The number of sulfonamides is 1. The van der Waals surface area contributed by atoms with E-state index in [1.807, 2.05) is 30.3 Å². The molecule has 0 radical (unpaired) electrons. The van der Waals surface area contributed by atoms with Crippen molar-refractivity contribution in [1.82, 2.24) is 9.79 Å². The van der Waals surface area contributed by atoms with Gasteiger partial charge in [-0.15, -0.1) is 0 Å². The van der Waals surface area contributed by atoms with E-state index in [4.69, 9.17) is 9.94 Å². The van der Waals surface area contributed by atoms with E-state index >= 15 is 0 Å². The lowest BCUT2D eigenvalue weighted by Crippen LogP contribution is -2.57. The molecule has 0 spiro atoms. The first-order valence-electron chi connectivity index (χ1n) is 8.84. The van der Waals surface area contributed by atoms with Crippen LogP contribution in [0.5, 0.6) is 5.75 Å². The molecule has 0 unspecified atom stereocenters. The molecule has 2 aromatic carbocycles. The van der Waals surface area contributed by atoms with Crippen LogP contribution in [0.4, 0.5) is 0 Å². The summed E-state index contributed by atoms with van der Waals surface area (Å²) in [6, 6.07) is 14.0. The van der Waals surface area contributed by atoms with Gasteiger partial charge in [0.1, 0.15) is 18.4 Å². The number of aliphatic hydroxyl groups is 1. The van der Waals surface area contributed by atoms with Crippen LogP contribution >= 0.6 is 0 Å². The molecule has 1 fully saturated rings. The molecule has 0 aliphatic carbocycles. The van der Waals surface area contributed by atoms with Crippen molar-refractivity contribution in [2.24, 2.45) is 0 Å². The second-order valence-electron chi connectivity index (χ2n) is 6.49. The monoisotopic (exact) mass is 406 g/mol. The number of hydrogen-bond donors (Lipinski definition) is 3. The zero-order chi connectivity index (χ0) is 20.1. The van der Waals surface area contributed by atoms with E-state index < -0.39 is 28.1 Å². The fourth-order valence-corrected chi connectivity index (χ4v) is 4.83. The Morgan fingerprint density at radius 3 is 2.46 bits per heavy atom. The van der Waals surface area contributed by atoms with Crippen LogP contribution in [-0.4, -0.2) is 47.6 Å². The van der Waals surface area contributed by atoms with E-state index in [2.05, 4.69) is 0 Å². The highest BCUT2D eigenvalue weighted by atomic mass is 32.2. The number of piperidine rings is 1. The SMILES string of the molecule is O=C(NO)[C@H]1[C@@H](O)CCCN1S(=O)(=O)c1ccc(OCc2ccccc2)cc1. The molecule has 0 aromatic heterocycles. The van der Waals surface area contributed by atoms with E-state index in [1.54, 1.807) is 0 Å². The number of aliphatic hydroxyl groups excluding tert-OH is 1. The van der Waals surface area contributed by atoms with Gasteiger partial charge in [0.25, 0.3) is 5.91 Å². The van der Waals surface area contributed by atoms with Gasteiger partial charge in [-0.1, -0.05) is 30.3 Å². The maximum Gasteiger partial charge on any atom is 0.264 e. The molecule has 1 aliphatic heterocycles. The molecular formula is C19H22N2O6S. The average Bonchev–Trinajstić information content (AvgIpc) is 2.72. The topological polar surface area (TPSA) is 116 Å². The predicted molar refractivity (Wildman–Crippen MR) is 100 cm³/mol. The molecule has 1 aliphatic rings. The molecule has 150 valence electrons. The van der Waals surface area contributed by atoms with Gasteiger partial charge >= 0.3 is 0 Å². The van der Waals surface area contributed by atoms with Gasteiger partial charge in [0, 0.05) is 6.54 Å². The summed E-state index contributed by atoms with van der Waals surface area (Å²) in [6.07, 6.45) is -0.506. The number of nitrogens with one attached hydrogen (secondary N) is 1. The Kier molecular flexibility index (Phi) is 6.30. The molecule has 0 saturated carbocycles. The molecule has 3 rings (SSSR count). The highest BCUT2D eigenvalue weighted by molar-refractivity contribution is 7.89. The van der Waals surface area contributed by atoms with E-state index in [0.29, 0.717) is 18.8 Å². The molecule has 3 N–H and O–H groups in total. The molecule has 8 nitrogen and oxygen atoms in total. The minimum Gasteiger partial charge on any atom is -0.489 e. The number of hydroxylamine groups is 1. The van der Waals surface area contributed by atoms with Crippen molar-refractivity contribution >= 4 is 15.9 Å². The molecule has 0 bridgehead atoms. The first-order valence-corrected chi connectivity index (χ1v) is 10.3. The van der Waals surface area contributed by atoms with Gasteiger partial charge in [0.05, 0.1) is 11.0 Å². The maximum absolute atomic E-state index is 13.0. The molecular weight excluding hydrogens is 384 g/mol. The summed E-state index contributed by atoms with van der Waals surface area (Å²) in [5.41, 5.74) is 2.42. The van der Waals surface area contributed by atoms with Crippen LogP contribution in [0.25, 0.3) is 0 Å². The third-order valence-electron chi connectivity index (χ3n) is 4.61. The maximum atomic E-state index is 13.0. The Morgan fingerprint density at radius 1 is 1.14 bits per heavy atom. The summed E-state index contributed by atoms with van der Waals surface area (Å²) >= 11 is 0. The Morgan fingerprint density at radius 2 is 1.82 bits per heavy atom. The second kappa shape index (κ2) is 8.70. The Bertz CT molecular complexity index is 902. The van der Waals surface area contributed by atoms with Crippen LogP contribution in [0, 0.1) is 0 Å². The van der Waals surface area contributed by atoms with Crippen molar-refractivity contribution in [3.05, 3.63) is 60.2 Å². The molecule has 1 amide bonds. The number of amides is 1. The van der Waals surface area contributed by atoms with Crippen LogP contribution < -0.4 is 10.2 Å². The van der Waals surface area contributed by atoms with Gasteiger partial charge in [-0.3, -0.25) is 10.0 Å². The third-order valence-corrected chi connectivity index (χ3v) is 6.51. The van der Waals surface area contributed by atoms with E-state index in [1.165, 1.54) is 29.7 Å². The summed E-state index contributed by atoms with van der Waals surface area (Å²) in [7, 11) is -4.04. The lowest BCUT2D eigenvalue weighted by molar-refractivity contribution is -0.138. The van der Waals surface area contributed by atoms with Crippen LogP contribution in [0.2, 0.25) is 0 Å². The van der Waals surface area contributed by atoms with Crippen molar-refractivity contribution in [1.29, 1.82) is 0 Å². The highest BCUT2D eigenvalue weighted by Crippen LogP contribution is 2.27. The van der Waals surface area contributed by atoms with Crippen molar-refractivity contribution < 1.29 is 28.3 Å². The number of carbonyl (C=O) groups excluding carboxylic acids is 1. The summed E-state index contributed by atoms with van der Waals surface area (Å²) in [5, 5.41) is 19.0. The molecule has 1 saturated heterocycles. The Hall–Kier alpha value is -2.46. The van der Waals surface area contributed by atoms with Gasteiger partial charge in [0.2, 0.25) is 10.0 Å². The molecule has 2 aromatic rings. The molecule has 2 atom stereocenters. The van der Waals surface area contributed by atoms with Crippen LogP contribution in [0.15, 0.2) is 59.5 Å². The number of nitrogens with zero attached hydrogens (tertiary/aromatic N) is 1. The first-order chi connectivity index (χ1) is 13.4. The zero-order valence-corrected chi connectivity index (χ0v) is 15.9. The zero-order valence-electron chi connectivity index (χ0n) is 15.1. The Labute approximate surface area is 163 Å². The number of ether oxygens (including phenoxy) is 1. The summed E-state index contributed by atoms with van der Waals surface area (Å²) in [4.78, 5) is 11.9. The lowest BCUT2D eigenvalue weighted by atomic mass is 10.0. The van der Waals surface area contributed by atoms with Gasteiger partial charge in [-0.25, -0.2) is 13.9 Å². The van der Waals surface area contributed by atoms with Crippen LogP contribution in [0.1, 0.15) is 18.4 Å². The summed E-state index contributed by atoms with van der Waals surface area (Å²) in [6.45, 7) is 0.424. The van der Waals surface area contributed by atoms with E-state index in [-0.39, 0.29) is 17.9 Å². The van der Waals surface area contributed by atoms with Gasteiger partial charge in [-0.05, 0) is 42.7 Å². The highest BCUT2D eigenvalue weighted by Gasteiger charge is 2.42. The smallest absolute Gasteiger partial charge is 0.264 e. The van der Waals surface area contributed by atoms with E-state index in [9.17, 15) is 18.3 Å². The molecule has 1 heterocycles. The number of carbonyl (C=O) groups is 1. The number of benzene rings is 2. The van der Waals surface area contributed by atoms with Crippen molar-refractivity contribution in [2.45, 2.75) is 36.5 Å². The first kappa shape index (κ1) is 20.3. The standard InChI is InChI=1S/C19H22N2O6S/c22-17-7-4-12-21(18(17)19(23)20-24)28(25,26)16-10-8-15(9-11-16)27-13-14-5-2-1-3-6-14/h1-3,5-6,8-11,17-18,22,24H,4,7,12-13H2,(H,20,23)/t17-,18+/m0/s1. The summed E-state index contributed by atoms with van der Waals surface area (Å²) < 4.78 is 32.5. The van der Waals surface area contributed by atoms with Gasteiger partial charge in [-0.2, -0.15) is 4.31 Å². The molecule has 28 heavy (non-hydrogen) atoms. The lowest BCUT2D eigenvalue weighted by Gasteiger charge is -2.36. The fourth-order valence-electron chi connectivity index (χ4n) is 3.17. The second-order valence-corrected chi connectivity index (χ2v) is 8.38. The molecule has 9 heteroatoms. The Balaban J connectivity index is 1.76. The quantitative estimate of drug-likeness (QED) is 0.492. The predicted octanol–water partition coefficient (Wildman–Crippen LogP) is 1.28. The fraction of sp³-hybridized carbons (Fsp3) is 0.316. The number of rotatable bonds is 6. The van der Waals surface area contributed by atoms with E-state index in [0.717, 1.165) is 9.87 Å². The van der Waals surface area contributed by atoms with Gasteiger partial charge < -0.3 is 9.84 Å². The van der Waals surface area contributed by atoms with Crippen LogP contribution in [0.3, 0.4) is 0 Å². The van der Waals surface area contributed by atoms with Crippen molar-refractivity contribution in [2.75, 3.05) is 6.54 Å². The summed E-state index contributed by atoms with van der Waals surface area (Å²) in [5.74, 6) is -0.454. The average molecular weight is 406 g/mol. The van der Waals surface area contributed by atoms with Crippen LogP contribution in [-0.2, 0) is 21.4 Å².